The number of rotatable bonds is 6. The first-order chi connectivity index (χ1) is 7.61. The Bertz CT molecular complexity index is 324. The highest BCUT2D eigenvalue weighted by Gasteiger charge is 2.00. The molecular formula is C13H21ClN2. The average Bonchev–Trinajstić information content (AvgIpc) is 2.23. The van der Waals surface area contributed by atoms with Gasteiger partial charge in [-0.05, 0) is 57.7 Å². The number of halogens is 1. The normalized spacial score (nSPS) is 11.1. The van der Waals surface area contributed by atoms with E-state index in [2.05, 4.69) is 37.3 Å². The molecule has 0 atom stereocenters. The van der Waals surface area contributed by atoms with Gasteiger partial charge in [0.15, 0.2) is 0 Å². The zero-order valence-electron chi connectivity index (χ0n) is 10.4. The van der Waals surface area contributed by atoms with Crippen LogP contribution in [0.3, 0.4) is 0 Å². The molecule has 0 saturated heterocycles. The molecule has 0 bridgehead atoms. The molecule has 1 rings (SSSR count). The summed E-state index contributed by atoms with van der Waals surface area (Å²) in [6.45, 7) is 5.14. The second-order valence-electron chi connectivity index (χ2n) is 4.36. The van der Waals surface area contributed by atoms with Crippen molar-refractivity contribution >= 4 is 11.6 Å². The summed E-state index contributed by atoms with van der Waals surface area (Å²) in [6, 6.07) is 6.07. The Labute approximate surface area is 104 Å². The van der Waals surface area contributed by atoms with Crippen molar-refractivity contribution in [2.45, 2.75) is 19.9 Å². The molecule has 0 unspecified atom stereocenters. The zero-order chi connectivity index (χ0) is 12.0. The molecule has 0 aliphatic heterocycles. The second kappa shape index (κ2) is 6.89. The Hall–Kier alpha value is -0.570. The van der Waals surface area contributed by atoms with Crippen LogP contribution in [0.2, 0.25) is 5.02 Å². The van der Waals surface area contributed by atoms with Gasteiger partial charge in [-0.2, -0.15) is 0 Å². The first kappa shape index (κ1) is 13.5. The maximum Gasteiger partial charge on any atom is 0.0438 e. The van der Waals surface area contributed by atoms with E-state index in [1.54, 1.807) is 0 Å². The van der Waals surface area contributed by atoms with Crippen LogP contribution in [0, 0.1) is 6.92 Å². The van der Waals surface area contributed by atoms with Crippen molar-refractivity contribution in [2.24, 2.45) is 0 Å². The second-order valence-corrected chi connectivity index (χ2v) is 4.76. The monoisotopic (exact) mass is 240 g/mol. The fourth-order valence-corrected chi connectivity index (χ4v) is 1.78. The molecule has 0 heterocycles. The van der Waals surface area contributed by atoms with Crippen LogP contribution in [0.25, 0.3) is 0 Å². The van der Waals surface area contributed by atoms with Gasteiger partial charge in [-0.3, -0.25) is 0 Å². The Balaban J connectivity index is 2.29. The lowest BCUT2D eigenvalue weighted by molar-refractivity contribution is 0.394. The maximum absolute atomic E-state index is 6.06. The summed E-state index contributed by atoms with van der Waals surface area (Å²) in [5.41, 5.74) is 2.47. The van der Waals surface area contributed by atoms with Gasteiger partial charge in [-0.15, -0.1) is 0 Å². The number of hydrogen-bond donors (Lipinski definition) is 1. The van der Waals surface area contributed by atoms with E-state index < -0.39 is 0 Å². The summed E-state index contributed by atoms with van der Waals surface area (Å²) >= 11 is 6.06. The van der Waals surface area contributed by atoms with Crippen molar-refractivity contribution in [2.75, 3.05) is 27.2 Å². The van der Waals surface area contributed by atoms with E-state index in [1.165, 1.54) is 17.5 Å². The predicted molar refractivity (Wildman–Crippen MR) is 71.1 cm³/mol. The molecule has 90 valence electrons. The van der Waals surface area contributed by atoms with Crippen molar-refractivity contribution in [3.63, 3.8) is 0 Å². The molecule has 0 aliphatic rings. The number of benzene rings is 1. The van der Waals surface area contributed by atoms with E-state index in [4.69, 9.17) is 11.6 Å². The van der Waals surface area contributed by atoms with Gasteiger partial charge >= 0.3 is 0 Å². The van der Waals surface area contributed by atoms with Crippen molar-refractivity contribution in [3.05, 3.63) is 34.3 Å². The van der Waals surface area contributed by atoms with Crippen molar-refractivity contribution < 1.29 is 0 Å². The van der Waals surface area contributed by atoms with Crippen molar-refractivity contribution in [3.8, 4) is 0 Å². The minimum atomic E-state index is 0.854. The van der Waals surface area contributed by atoms with Crippen LogP contribution < -0.4 is 5.32 Å². The summed E-state index contributed by atoms with van der Waals surface area (Å²) in [7, 11) is 4.20. The number of hydrogen-bond acceptors (Lipinski definition) is 2. The number of nitrogens with one attached hydrogen (secondary N) is 1. The SMILES string of the molecule is Cc1c(Cl)cccc1CNCCCN(C)C. The van der Waals surface area contributed by atoms with E-state index in [-0.39, 0.29) is 0 Å². The largest absolute Gasteiger partial charge is 0.313 e. The fraction of sp³-hybridized carbons (Fsp3) is 0.538. The molecule has 16 heavy (non-hydrogen) atoms. The lowest BCUT2D eigenvalue weighted by atomic mass is 10.1. The van der Waals surface area contributed by atoms with Gasteiger partial charge in [0.1, 0.15) is 0 Å². The molecular weight excluding hydrogens is 220 g/mol. The number of nitrogens with zero attached hydrogens (tertiary/aromatic N) is 1. The molecule has 0 aromatic heterocycles. The van der Waals surface area contributed by atoms with Gasteiger partial charge in [-0.1, -0.05) is 23.7 Å². The minimum Gasteiger partial charge on any atom is -0.313 e. The highest BCUT2D eigenvalue weighted by Crippen LogP contribution is 2.18. The summed E-state index contributed by atoms with van der Waals surface area (Å²) < 4.78 is 0. The van der Waals surface area contributed by atoms with Crippen LogP contribution in [-0.2, 0) is 6.54 Å². The molecule has 3 heteroatoms. The maximum atomic E-state index is 6.06. The Morgan fingerprint density at radius 3 is 2.75 bits per heavy atom. The first-order valence-electron chi connectivity index (χ1n) is 5.70. The van der Waals surface area contributed by atoms with Gasteiger partial charge in [0.2, 0.25) is 0 Å². The standard InChI is InChI=1S/C13H21ClN2/c1-11-12(6-4-7-13(11)14)10-15-8-5-9-16(2)3/h4,6-7,15H,5,8-10H2,1-3H3. The Kier molecular flexibility index (Phi) is 5.81. The van der Waals surface area contributed by atoms with Gasteiger partial charge in [-0.25, -0.2) is 0 Å². The topological polar surface area (TPSA) is 15.3 Å². The molecule has 0 amide bonds. The molecule has 2 nitrogen and oxygen atoms in total. The zero-order valence-corrected chi connectivity index (χ0v) is 11.1. The van der Waals surface area contributed by atoms with E-state index in [0.29, 0.717) is 0 Å². The minimum absolute atomic E-state index is 0.854. The van der Waals surface area contributed by atoms with Crippen LogP contribution in [0.5, 0.6) is 0 Å². The molecule has 0 spiro atoms. The summed E-state index contributed by atoms with van der Waals surface area (Å²) in [5, 5.41) is 4.29. The molecule has 1 N–H and O–H groups in total. The Morgan fingerprint density at radius 1 is 1.31 bits per heavy atom. The lowest BCUT2D eigenvalue weighted by Crippen LogP contribution is -2.21. The third kappa shape index (κ3) is 4.52. The van der Waals surface area contributed by atoms with Crippen LogP contribution in [0.4, 0.5) is 0 Å². The van der Waals surface area contributed by atoms with Crippen LogP contribution in [-0.4, -0.2) is 32.1 Å². The lowest BCUT2D eigenvalue weighted by Gasteiger charge is -2.11. The summed E-state index contributed by atoms with van der Waals surface area (Å²) in [5.74, 6) is 0. The van der Waals surface area contributed by atoms with Crippen LogP contribution >= 0.6 is 11.6 Å². The third-order valence-electron chi connectivity index (χ3n) is 2.65. The van der Waals surface area contributed by atoms with Gasteiger partial charge in [0.05, 0.1) is 0 Å². The molecule has 0 radical (unpaired) electrons. The molecule has 1 aromatic carbocycles. The molecule has 0 fully saturated rings. The summed E-state index contributed by atoms with van der Waals surface area (Å²) in [4.78, 5) is 2.20. The fourth-order valence-electron chi connectivity index (χ4n) is 1.59. The highest BCUT2D eigenvalue weighted by atomic mass is 35.5. The third-order valence-corrected chi connectivity index (χ3v) is 3.06. The van der Waals surface area contributed by atoms with Gasteiger partial charge < -0.3 is 10.2 Å². The van der Waals surface area contributed by atoms with Crippen LogP contribution in [0.1, 0.15) is 17.5 Å². The quantitative estimate of drug-likeness (QED) is 0.770. The van der Waals surface area contributed by atoms with E-state index in [1.807, 2.05) is 12.1 Å². The highest BCUT2D eigenvalue weighted by molar-refractivity contribution is 6.31. The Morgan fingerprint density at radius 2 is 2.06 bits per heavy atom. The van der Waals surface area contributed by atoms with Gasteiger partial charge in [0.25, 0.3) is 0 Å². The van der Waals surface area contributed by atoms with Crippen molar-refractivity contribution in [1.29, 1.82) is 0 Å². The van der Waals surface area contributed by atoms with E-state index in [9.17, 15) is 0 Å². The van der Waals surface area contributed by atoms with Crippen LogP contribution in [0.15, 0.2) is 18.2 Å². The van der Waals surface area contributed by atoms with E-state index >= 15 is 0 Å². The molecule has 0 saturated carbocycles. The molecule has 1 aromatic rings. The average molecular weight is 241 g/mol. The first-order valence-corrected chi connectivity index (χ1v) is 6.08. The van der Waals surface area contributed by atoms with E-state index in [0.717, 1.165) is 24.7 Å². The predicted octanol–water partition coefficient (Wildman–Crippen LogP) is 2.69. The smallest absolute Gasteiger partial charge is 0.0438 e. The molecule has 0 aliphatic carbocycles. The van der Waals surface area contributed by atoms with Gasteiger partial charge in [0, 0.05) is 11.6 Å². The summed E-state index contributed by atoms with van der Waals surface area (Å²) in [6.07, 6.45) is 1.17. The van der Waals surface area contributed by atoms with Crippen molar-refractivity contribution in [1.82, 2.24) is 10.2 Å².